The van der Waals surface area contributed by atoms with E-state index in [0.29, 0.717) is 21.9 Å². The fourth-order valence-electron chi connectivity index (χ4n) is 2.20. The molecule has 0 aliphatic rings. The molecule has 0 spiro atoms. The summed E-state index contributed by atoms with van der Waals surface area (Å²) in [6.07, 6.45) is 2.95. The minimum Gasteiger partial charge on any atom is -0.444 e. The lowest BCUT2D eigenvalue weighted by atomic mass is 10.1. The summed E-state index contributed by atoms with van der Waals surface area (Å²) in [5.74, 6) is 0.290. The minimum absolute atomic E-state index is 0.333. The second-order valence-corrected chi connectivity index (χ2v) is 5.47. The average Bonchev–Trinajstić information content (AvgIpc) is 3.15. The van der Waals surface area contributed by atoms with Gasteiger partial charge in [0.15, 0.2) is 12.2 Å². The van der Waals surface area contributed by atoms with Crippen LogP contribution in [0.25, 0.3) is 11.3 Å². The summed E-state index contributed by atoms with van der Waals surface area (Å²) in [4.78, 5) is 16.2. The summed E-state index contributed by atoms with van der Waals surface area (Å²) in [5.41, 5.74) is 1.94. The van der Waals surface area contributed by atoms with Crippen LogP contribution in [-0.2, 0) is 0 Å². The molecule has 1 N–H and O–H groups in total. The van der Waals surface area contributed by atoms with Crippen molar-refractivity contribution in [2.75, 3.05) is 0 Å². The molecule has 1 atom stereocenters. The van der Waals surface area contributed by atoms with Gasteiger partial charge in [-0.15, -0.1) is 0 Å². The lowest BCUT2D eigenvalue weighted by Gasteiger charge is -2.12. The molecule has 0 unspecified atom stereocenters. The van der Waals surface area contributed by atoms with Crippen molar-refractivity contribution in [3.8, 4) is 17.4 Å². The molecule has 3 rings (SSSR count). The number of aromatic nitrogens is 1. The average molecular weight is 338 g/mol. The van der Waals surface area contributed by atoms with Crippen LogP contribution in [0.4, 0.5) is 0 Å². The van der Waals surface area contributed by atoms with Gasteiger partial charge in [-0.25, -0.2) is 4.98 Å². The van der Waals surface area contributed by atoms with Gasteiger partial charge >= 0.3 is 0 Å². The van der Waals surface area contributed by atoms with E-state index in [9.17, 15) is 10.1 Å². The van der Waals surface area contributed by atoms with Gasteiger partial charge in [0.1, 0.15) is 6.04 Å². The van der Waals surface area contributed by atoms with E-state index in [0.717, 1.165) is 5.56 Å². The first-order valence-electron chi connectivity index (χ1n) is 7.12. The van der Waals surface area contributed by atoms with Crippen molar-refractivity contribution >= 4 is 17.5 Å². The summed E-state index contributed by atoms with van der Waals surface area (Å²) < 4.78 is 5.20. The minimum atomic E-state index is -0.747. The van der Waals surface area contributed by atoms with E-state index in [4.69, 9.17) is 16.0 Å². The zero-order valence-corrected chi connectivity index (χ0v) is 13.2. The summed E-state index contributed by atoms with van der Waals surface area (Å²) in [5, 5.41) is 12.6. The number of rotatable bonds is 4. The highest BCUT2D eigenvalue weighted by Gasteiger charge is 2.15. The van der Waals surface area contributed by atoms with E-state index in [1.807, 2.05) is 0 Å². The van der Waals surface area contributed by atoms with Gasteiger partial charge in [0.05, 0.1) is 12.3 Å². The van der Waals surface area contributed by atoms with Gasteiger partial charge in [0.25, 0.3) is 5.91 Å². The van der Waals surface area contributed by atoms with Gasteiger partial charge in [-0.1, -0.05) is 35.9 Å². The normalized spacial score (nSPS) is 11.5. The maximum absolute atomic E-state index is 12.3. The van der Waals surface area contributed by atoms with Crippen molar-refractivity contribution < 1.29 is 9.21 Å². The van der Waals surface area contributed by atoms with Gasteiger partial charge in [0.2, 0.25) is 0 Å². The molecule has 1 amide bonds. The van der Waals surface area contributed by atoms with Crippen LogP contribution in [0.2, 0.25) is 5.02 Å². The number of nitriles is 1. The largest absolute Gasteiger partial charge is 0.444 e. The summed E-state index contributed by atoms with van der Waals surface area (Å²) in [7, 11) is 0. The molecule has 1 heterocycles. The maximum atomic E-state index is 12.3. The molecule has 5 nitrogen and oxygen atoms in total. The molecule has 6 heteroatoms. The number of oxazole rings is 1. The number of carbonyl (C=O) groups is 1. The molecule has 3 aromatic rings. The molecule has 0 fully saturated rings. The number of hydrogen-bond acceptors (Lipinski definition) is 4. The highest BCUT2D eigenvalue weighted by Crippen LogP contribution is 2.20. The standard InChI is InChI=1S/C18H12ClN3O2/c19-15-7-5-12(6-8-15)16(9-20)22-18(23)14-3-1-13(2-4-14)17-10-21-11-24-17/h1-8,10-11,16H,(H,22,23)/t16-/m0/s1. The van der Waals surface area contributed by atoms with Crippen LogP contribution in [0.15, 0.2) is 65.5 Å². The van der Waals surface area contributed by atoms with E-state index < -0.39 is 6.04 Å². The van der Waals surface area contributed by atoms with E-state index in [1.54, 1.807) is 54.7 Å². The zero-order valence-electron chi connectivity index (χ0n) is 12.4. The van der Waals surface area contributed by atoms with Crippen molar-refractivity contribution in [1.82, 2.24) is 10.3 Å². The Morgan fingerprint density at radius 3 is 2.46 bits per heavy atom. The van der Waals surface area contributed by atoms with E-state index in [-0.39, 0.29) is 5.91 Å². The van der Waals surface area contributed by atoms with Crippen molar-refractivity contribution in [1.29, 1.82) is 5.26 Å². The molecule has 0 aliphatic heterocycles. The van der Waals surface area contributed by atoms with Gasteiger partial charge in [-0.2, -0.15) is 5.26 Å². The van der Waals surface area contributed by atoms with E-state index >= 15 is 0 Å². The Morgan fingerprint density at radius 2 is 1.88 bits per heavy atom. The van der Waals surface area contributed by atoms with Gasteiger partial charge in [0, 0.05) is 16.1 Å². The number of nitrogens with one attached hydrogen (secondary N) is 1. The molecule has 1 aromatic heterocycles. The van der Waals surface area contributed by atoms with Crippen LogP contribution in [-0.4, -0.2) is 10.9 Å². The molecule has 24 heavy (non-hydrogen) atoms. The second-order valence-electron chi connectivity index (χ2n) is 5.03. The molecule has 0 saturated heterocycles. The fraction of sp³-hybridized carbons (Fsp3) is 0.0556. The maximum Gasteiger partial charge on any atom is 0.252 e. The van der Waals surface area contributed by atoms with Crippen molar-refractivity contribution in [3.63, 3.8) is 0 Å². The van der Waals surface area contributed by atoms with E-state index in [2.05, 4.69) is 16.4 Å². The predicted octanol–water partition coefficient (Wildman–Crippen LogP) is 3.99. The summed E-state index contributed by atoms with van der Waals surface area (Å²) >= 11 is 5.84. The Hall–Kier alpha value is -3.10. The fourth-order valence-corrected chi connectivity index (χ4v) is 2.33. The smallest absolute Gasteiger partial charge is 0.252 e. The van der Waals surface area contributed by atoms with Crippen molar-refractivity contribution in [2.24, 2.45) is 0 Å². The van der Waals surface area contributed by atoms with Crippen molar-refractivity contribution in [3.05, 3.63) is 77.3 Å². The third kappa shape index (κ3) is 3.45. The van der Waals surface area contributed by atoms with Crippen LogP contribution < -0.4 is 5.32 Å². The zero-order chi connectivity index (χ0) is 16.9. The second kappa shape index (κ2) is 6.99. The molecule has 0 aliphatic carbocycles. The van der Waals surface area contributed by atoms with Gasteiger partial charge < -0.3 is 9.73 Å². The third-order valence-corrected chi connectivity index (χ3v) is 3.72. The van der Waals surface area contributed by atoms with Crippen LogP contribution in [0, 0.1) is 11.3 Å². The van der Waals surface area contributed by atoms with Crippen LogP contribution in [0.5, 0.6) is 0 Å². The van der Waals surface area contributed by atoms with Crippen LogP contribution in [0.1, 0.15) is 22.0 Å². The molecular formula is C18H12ClN3O2. The molecule has 0 saturated carbocycles. The summed E-state index contributed by atoms with van der Waals surface area (Å²) in [6, 6.07) is 15.0. The number of amides is 1. The number of carbonyl (C=O) groups excluding carboxylic acids is 1. The predicted molar refractivity (Wildman–Crippen MR) is 89.2 cm³/mol. The third-order valence-electron chi connectivity index (χ3n) is 3.47. The number of nitrogens with zero attached hydrogens (tertiary/aromatic N) is 2. The highest BCUT2D eigenvalue weighted by atomic mass is 35.5. The van der Waals surface area contributed by atoms with Gasteiger partial charge in [-0.05, 0) is 29.8 Å². The van der Waals surface area contributed by atoms with Crippen molar-refractivity contribution in [2.45, 2.75) is 6.04 Å². The molecule has 0 bridgehead atoms. The number of halogens is 1. The monoisotopic (exact) mass is 337 g/mol. The quantitative estimate of drug-likeness (QED) is 0.780. The molecular weight excluding hydrogens is 326 g/mol. The van der Waals surface area contributed by atoms with Gasteiger partial charge in [-0.3, -0.25) is 4.79 Å². The molecule has 0 radical (unpaired) electrons. The Kier molecular flexibility index (Phi) is 4.59. The molecule has 2 aromatic carbocycles. The first-order chi connectivity index (χ1) is 11.7. The Bertz CT molecular complexity index is 866. The highest BCUT2D eigenvalue weighted by molar-refractivity contribution is 6.30. The molecule has 118 valence electrons. The Balaban J connectivity index is 1.74. The van der Waals surface area contributed by atoms with Crippen LogP contribution >= 0.6 is 11.6 Å². The Morgan fingerprint density at radius 1 is 1.17 bits per heavy atom. The first-order valence-corrected chi connectivity index (χ1v) is 7.50. The van der Waals surface area contributed by atoms with E-state index in [1.165, 1.54) is 6.39 Å². The first kappa shape index (κ1) is 15.8. The number of hydrogen-bond donors (Lipinski definition) is 1. The Labute approximate surface area is 143 Å². The van der Waals surface area contributed by atoms with Crippen LogP contribution in [0.3, 0.4) is 0 Å². The lowest BCUT2D eigenvalue weighted by Crippen LogP contribution is -2.27. The summed E-state index contributed by atoms with van der Waals surface area (Å²) in [6.45, 7) is 0. The topological polar surface area (TPSA) is 78.9 Å². The lowest BCUT2D eigenvalue weighted by molar-refractivity contribution is 0.0945. The number of benzene rings is 2. The SMILES string of the molecule is N#C[C@H](NC(=O)c1ccc(-c2cnco2)cc1)c1ccc(Cl)cc1.